The van der Waals surface area contributed by atoms with Crippen molar-refractivity contribution < 1.29 is 14.5 Å². The predicted octanol–water partition coefficient (Wildman–Crippen LogP) is 3.19. The summed E-state index contributed by atoms with van der Waals surface area (Å²) in [5.74, 6) is -0.228. The van der Waals surface area contributed by atoms with Crippen molar-refractivity contribution >= 4 is 60.7 Å². The van der Waals surface area contributed by atoms with Gasteiger partial charge in [0, 0.05) is 23.4 Å². The van der Waals surface area contributed by atoms with E-state index < -0.39 is 4.92 Å². The molecule has 1 fully saturated rings. The maximum atomic E-state index is 12.2. The molecular formula is C16H13N5O4S2. The predicted molar refractivity (Wildman–Crippen MR) is 102 cm³/mol. The topological polar surface area (TPSA) is 127 Å². The lowest BCUT2D eigenvalue weighted by Gasteiger charge is -1.99. The molecule has 1 aromatic carbocycles. The van der Waals surface area contributed by atoms with E-state index in [0.29, 0.717) is 26.2 Å². The minimum atomic E-state index is -0.473. The molecule has 0 atom stereocenters. The Morgan fingerprint density at radius 2 is 2.04 bits per heavy atom. The molecule has 0 spiro atoms. The number of amides is 2. The standard InChI is InChI=1S/C16H13N5O4S2/c22-13(5-9-7-26-15(17-9)20-14(23)8-1-2-8)19-16-18-11-4-3-10(21(24)25)6-12(11)27-16/h3-4,6-8H,1-2,5H2,(H,17,20,23)(H,18,19,22). The van der Waals surface area contributed by atoms with Crippen molar-refractivity contribution in [3.8, 4) is 0 Å². The summed E-state index contributed by atoms with van der Waals surface area (Å²) in [6.07, 6.45) is 1.88. The Balaban J connectivity index is 1.39. The van der Waals surface area contributed by atoms with Crippen LogP contribution in [0.4, 0.5) is 16.0 Å². The average molecular weight is 403 g/mol. The number of nitrogens with zero attached hydrogens (tertiary/aromatic N) is 3. The highest BCUT2D eigenvalue weighted by Crippen LogP contribution is 2.31. The highest BCUT2D eigenvalue weighted by molar-refractivity contribution is 7.22. The maximum absolute atomic E-state index is 12.2. The summed E-state index contributed by atoms with van der Waals surface area (Å²) >= 11 is 2.45. The lowest BCUT2D eigenvalue weighted by molar-refractivity contribution is -0.384. The molecule has 2 aromatic heterocycles. The quantitative estimate of drug-likeness (QED) is 0.481. The molecule has 4 rings (SSSR count). The van der Waals surface area contributed by atoms with E-state index in [0.717, 1.165) is 12.8 Å². The fourth-order valence-corrected chi connectivity index (χ4v) is 4.04. The van der Waals surface area contributed by atoms with Gasteiger partial charge in [-0.15, -0.1) is 11.3 Å². The zero-order valence-electron chi connectivity index (χ0n) is 13.8. The van der Waals surface area contributed by atoms with Crippen molar-refractivity contribution in [2.24, 2.45) is 5.92 Å². The second kappa shape index (κ2) is 7.00. The van der Waals surface area contributed by atoms with Crippen molar-refractivity contribution in [1.29, 1.82) is 0 Å². The first-order valence-corrected chi connectivity index (χ1v) is 9.77. The summed E-state index contributed by atoms with van der Waals surface area (Å²) in [5.41, 5.74) is 1.12. The fourth-order valence-electron chi connectivity index (χ4n) is 2.41. The molecule has 138 valence electrons. The highest BCUT2D eigenvalue weighted by Gasteiger charge is 2.30. The number of non-ortho nitro benzene ring substituents is 1. The van der Waals surface area contributed by atoms with Gasteiger partial charge in [-0.05, 0) is 18.9 Å². The van der Waals surface area contributed by atoms with Gasteiger partial charge < -0.3 is 10.6 Å². The molecule has 3 aromatic rings. The van der Waals surface area contributed by atoms with Crippen LogP contribution in [-0.4, -0.2) is 26.7 Å². The summed E-state index contributed by atoms with van der Waals surface area (Å²) in [6.45, 7) is 0. The van der Waals surface area contributed by atoms with Gasteiger partial charge in [0.2, 0.25) is 11.8 Å². The summed E-state index contributed by atoms with van der Waals surface area (Å²) in [6, 6.07) is 4.35. The van der Waals surface area contributed by atoms with E-state index in [-0.39, 0.29) is 29.8 Å². The maximum Gasteiger partial charge on any atom is 0.270 e. The van der Waals surface area contributed by atoms with Gasteiger partial charge in [0.05, 0.1) is 27.3 Å². The Morgan fingerprint density at radius 1 is 1.22 bits per heavy atom. The lowest BCUT2D eigenvalue weighted by Crippen LogP contribution is -2.15. The molecule has 1 aliphatic rings. The molecule has 0 bridgehead atoms. The van der Waals surface area contributed by atoms with Crippen molar-refractivity contribution in [1.82, 2.24) is 9.97 Å². The molecule has 0 radical (unpaired) electrons. The zero-order valence-corrected chi connectivity index (χ0v) is 15.4. The number of carbonyl (C=O) groups excluding carboxylic acids is 2. The van der Waals surface area contributed by atoms with Crippen LogP contribution >= 0.6 is 22.7 Å². The lowest BCUT2D eigenvalue weighted by atomic mass is 10.3. The summed E-state index contributed by atoms with van der Waals surface area (Å²) in [7, 11) is 0. The number of benzene rings is 1. The van der Waals surface area contributed by atoms with Crippen LogP contribution in [0.1, 0.15) is 18.5 Å². The first-order chi connectivity index (χ1) is 13.0. The summed E-state index contributed by atoms with van der Waals surface area (Å²) < 4.78 is 0.623. The summed E-state index contributed by atoms with van der Waals surface area (Å²) in [4.78, 5) is 42.8. The van der Waals surface area contributed by atoms with E-state index in [4.69, 9.17) is 0 Å². The van der Waals surface area contributed by atoms with Crippen molar-refractivity contribution in [2.75, 3.05) is 10.6 Å². The van der Waals surface area contributed by atoms with Gasteiger partial charge >= 0.3 is 0 Å². The number of nitrogens with one attached hydrogen (secondary N) is 2. The third-order valence-corrected chi connectivity index (χ3v) is 5.64. The van der Waals surface area contributed by atoms with Crippen LogP contribution < -0.4 is 10.6 Å². The Kier molecular flexibility index (Phi) is 4.54. The molecule has 2 N–H and O–H groups in total. The molecule has 0 unspecified atom stereocenters. The first-order valence-electron chi connectivity index (χ1n) is 8.08. The third kappa shape index (κ3) is 4.09. The number of rotatable bonds is 6. The molecule has 0 aliphatic heterocycles. The van der Waals surface area contributed by atoms with Gasteiger partial charge in [-0.2, -0.15) is 0 Å². The zero-order chi connectivity index (χ0) is 19.0. The van der Waals surface area contributed by atoms with Crippen LogP contribution in [0.25, 0.3) is 10.2 Å². The number of hydrogen-bond acceptors (Lipinski definition) is 8. The largest absolute Gasteiger partial charge is 0.302 e. The number of carbonyl (C=O) groups is 2. The number of thiazole rings is 2. The number of aromatic nitrogens is 2. The van der Waals surface area contributed by atoms with Gasteiger partial charge in [0.1, 0.15) is 0 Å². The molecule has 27 heavy (non-hydrogen) atoms. The van der Waals surface area contributed by atoms with E-state index in [1.807, 2.05) is 0 Å². The monoisotopic (exact) mass is 403 g/mol. The minimum absolute atomic E-state index is 0.0210. The normalized spacial score (nSPS) is 13.5. The van der Waals surface area contributed by atoms with E-state index in [1.54, 1.807) is 11.4 Å². The first kappa shape index (κ1) is 17.5. The third-order valence-electron chi connectivity index (χ3n) is 3.90. The molecule has 0 saturated heterocycles. The van der Waals surface area contributed by atoms with Crippen LogP contribution in [0.5, 0.6) is 0 Å². The van der Waals surface area contributed by atoms with Crippen LogP contribution in [-0.2, 0) is 16.0 Å². The number of fused-ring (bicyclic) bond motifs is 1. The van der Waals surface area contributed by atoms with Gasteiger partial charge in [-0.1, -0.05) is 11.3 Å². The number of hydrogen-bond donors (Lipinski definition) is 2. The Labute approximate surface area is 160 Å². The summed E-state index contributed by atoms with van der Waals surface area (Å²) in [5, 5.41) is 18.8. The molecule has 9 nitrogen and oxygen atoms in total. The molecule has 1 aliphatic carbocycles. The van der Waals surface area contributed by atoms with Crippen LogP contribution in [0.3, 0.4) is 0 Å². The average Bonchev–Trinajstić information content (AvgIpc) is 3.27. The van der Waals surface area contributed by atoms with Crippen molar-refractivity contribution in [3.05, 3.63) is 39.4 Å². The van der Waals surface area contributed by atoms with Crippen LogP contribution in [0, 0.1) is 16.0 Å². The van der Waals surface area contributed by atoms with Gasteiger partial charge in [-0.25, -0.2) is 9.97 Å². The molecule has 11 heteroatoms. The van der Waals surface area contributed by atoms with E-state index in [9.17, 15) is 19.7 Å². The number of anilines is 2. The highest BCUT2D eigenvalue weighted by atomic mass is 32.1. The molecule has 1 saturated carbocycles. The Bertz CT molecular complexity index is 1060. The number of nitro groups is 1. The van der Waals surface area contributed by atoms with Crippen LogP contribution in [0.2, 0.25) is 0 Å². The van der Waals surface area contributed by atoms with E-state index in [1.165, 1.54) is 34.8 Å². The molecular weight excluding hydrogens is 390 g/mol. The minimum Gasteiger partial charge on any atom is -0.302 e. The Hall–Kier alpha value is -2.92. The second-order valence-corrected chi connectivity index (χ2v) is 7.95. The molecule has 2 heterocycles. The van der Waals surface area contributed by atoms with Crippen molar-refractivity contribution in [3.63, 3.8) is 0 Å². The van der Waals surface area contributed by atoms with Gasteiger partial charge in [0.15, 0.2) is 10.3 Å². The SMILES string of the molecule is O=C(Cc1csc(NC(=O)C2CC2)n1)Nc1nc2ccc([N+](=O)[O-])cc2s1. The molecule has 2 amide bonds. The van der Waals surface area contributed by atoms with Gasteiger partial charge in [0.25, 0.3) is 5.69 Å². The Morgan fingerprint density at radius 3 is 2.78 bits per heavy atom. The second-order valence-electron chi connectivity index (χ2n) is 6.06. The van der Waals surface area contributed by atoms with Crippen LogP contribution in [0.15, 0.2) is 23.6 Å². The van der Waals surface area contributed by atoms with Gasteiger partial charge in [-0.3, -0.25) is 19.7 Å². The number of nitro benzene ring substituents is 1. The smallest absolute Gasteiger partial charge is 0.270 e. The van der Waals surface area contributed by atoms with Crippen molar-refractivity contribution in [2.45, 2.75) is 19.3 Å². The van der Waals surface area contributed by atoms with E-state index in [2.05, 4.69) is 20.6 Å². The van der Waals surface area contributed by atoms with E-state index >= 15 is 0 Å². The fraction of sp³-hybridized carbons (Fsp3) is 0.250.